The van der Waals surface area contributed by atoms with E-state index >= 15 is 0 Å². The third-order valence-electron chi connectivity index (χ3n) is 3.90. The fourth-order valence-electron chi connectivity index (χ4n) is 2.62. The molecule has 0 aliphatic rings. The number of carbonyl (C=O) groups is 2. The molecule has 0 unspecified atom stereocenters. The molecular formula is C21H15Cl2NO3. The fraction of sp³-hybridized carbons (Fsp3) is 0.0476. The smallest absolute Gasteiger partial charge is 0.339 e. The molecule has 0 radical (unpaired) electrons. The van der Waals surface area contributed by atoms with E-state index in [-0.39, 0.29) is 11.1 Å². The van der Waals surface area contributed by atoms with E-state index in [2.05, 4.69) is 5.32 Å². The number of anilines is 1. The van der Waals surface area contributed by atoms with Crippen LogP contribution in [0.2, 0.25) is 10.0 Å². The van der Waals surface area contributed by atoms with Gasteiger partial charge in [0.2, 0.25) is 0 Å². The Labute approximate surface area is 166 Å². The van der Waals surface area contributed by atoms with Crippen LogP contribution in [0.15, 0.2) is 66.7 Å². The molecule has 0 bridgehead atoms. The first kappa shape index (κ1) is 19.0. The summed E-state index contributed by atoms with van der Waals surface area (Å²) in [6.45, 7) is 0. The average molecular weight is 400 g/mol. The molecule has 0 heterocycles. The number of esters is 1. The molecule has 3 rings (SSSR count). The Morgan fingerprint density at radius 2 is 1.52 bits per heavy atom. The molecule has 0 saturated heterocycles. The van der Waals surface area contributed by atoms with Crippen molar-refractivity contribution in [1.29, 1.82) is 0 Å². The number of halogens is 2. The molecule has 0 aromatic heterocycles. The van der Waals surface area contributed by atoms with Crippen LogP contribution in [-0.2, 0) is 4.74 Å². The zero-order valence-corrected chi connectivity index (χ0v) is 15.8. The van der Waals surface area contributed by atoms with E-state index < -0.39 is 11.9 Å². The summed E-state index contributed by atoms with van der Waals surface area (Å²) in [5.74, 6) is -0.982. The molecule has 1 amide bonds. The molecule has 3 aromatic carbocycles. The van der Waals surface area contributed by atoms with Gasteiger partial charge in [-0.15, -0.1) is 0 Å². The zero-order chi connectivity index (χ0) is 19.4. The zero-order valence-electron chi connectivity index (χ0n) is 14.3. The van der Waals surface area contributed by atoms with Gasteiger partial charge in [-0.3, -0.25) is 4.79 Å². The first-order chi connectivity index (χ1) is 13.0. The minimum atomic E-state index is -0.549. The summed E-state index contributed by atoms with van der Waals surface area (Å²) in [5, 5.41) is 3.41. The van der Waals surface area contributed by atoms with Gasteiger partial charge in [0, 0.05) is 15.6 Å². The molecule has 1 N–H and O–H groups in total. The van der Waals surface area contributed by atoms with E-state index in [0.29, 0.717) is 15.7 Å². The molecule has 0 aliphatic carbocycles. The number of nitrogens with one attached hydrogen (secondary N) is 1. The second-order valence-electron chi connectivity index (χ2n) is 5.73. The Balaban J connectivity index is 1.97. The maximum atomic E-state index is 12.6. The Bertz CT molecular complexity index is 983. The van der Waals surface area contributed by atoms with Gasteiger partial charge in [-0.05, 0) is 41.5 Å². The maximum absolute atomic E-state index is 12.6. The maximum Gasteiger partial charge on any atom is 0.339 e. The second kappa shape index (κ2) is 8.25. The van der Waals surface area contributed by atoms with E-state index in [1.165, 1.54) is 25.3 Å². The fourth-order valence-corrected chi connectivity index (χ4v) is 3.15. The van der Waals surface area contributed by atoms with Crippen LogP contribution in [0, 0.1) is 0 Å². The quantitative estimate of drug-likeness (QED) is 0.572. The highest BCUT2D eigenvalue weighted by Gasteiger charge is 2.17. The summed E-state index contributed by atoms with van der Waals surface area (Å²) in [7, 11) is 1.29. The molecule has 0 spiro atoms. The number of ether oxygens (including phenoxy) is 1. The Morgan fingerprint density at radius 1 is 0.852 bits per heavy atom. The number of benzene rings is 3. The van der Waals surface area contributed by atoms with Gasteiger partial charge in [0.1, 0.15) is 0 Å². The standard InChI is InChI=1S/C21H15Cl2NO3/c1-27-21(26)18-11-14(13-5-3-2-4-6-13)7-8-19(18)24-20(25)15-9-16(22)12-17(23)10-15/h2-12H,1H3,(H,24,25). The van der Waals surface area contributed by atoms with E-state index in [4.69, 9.17) is 27.9 Å². The highest BCUT2D eigenvalue weighted by atomic mass is 35.5. The van der Waals surface area contributed by atoms with Gasteiger partial charge < -0.3 is 10.1 Å². The van der Waals surface area contributed by atoms with Crippen molar-refractivity contribution in [2.24, 2.45) is 0 Å². The summed E-state index contributed by atoms with van der Waals surface area (Å²) in [5.41, 5.74) is 2.65. The molecule has 27 heavy (non-hydrogen) atoms. The van der Waals surface area contributed by atoms with E-state index in [9.17, 15) is 9.59 Å². The summed E-state index contributed by atoms with van der Waals surface area (Å²) in [6.07, 6.45) is 0. The van der Waals surface area contributed by atoms with Crippen molar-refractivity contribution in [3.63, 3.8) is 0 Å². The third-order valence-corrected chi connectivity index (χ3v) is 4.34. The number of methoxy groups -OCH3 is 1. The van der Waals surface area contributed by atoms with Crippen LogP contribution < -0.4 is 5.32 Å². The average Bonchev–Trinajstić information content (AvgIpc) is 2.67. The Hall–Kier alpha value is -2.82. The van der Waals surface area contributed by atoms with Crippen molar-refractivity contribution in [2.75, 3.05) is 12.4 Å². The normalized spacial score (nSPS) is 10.3. The summed E-state index contributed by atoms with van der Waals surface area (Å²) in [6, 6.07) is 19.3. The van der Waals surface area contributed by atoms with Crippen LogP contribution >= 0.6 is 23.2 Å². The van der Waals surface area contributed by atoms with Crippen LogP contribution in [0.1, 0.15) is 20.7 Å². The highest BCUT2D eigenvalue weighted by Crippen LogP contribution is 2.27. The molecule has 3 aromatic rings. The molecule has 0 atom stereocenters. The summed E-state index contributed by atoms with van der Waals surface area (Å²) >= 11 is 11.9. The lowest BCUT2D eigenvalue weighted by Crippen LogP contribution is -2.15. The van der Waals surface area contributed by atoms with Crippen LogP contribution in [0.25, 0.3) is 11.1 Å². The predicted octanol–water partition coefficient (Wildman–Crippen LogP) is 5.70. The molecule has 0 fully saturated rings. The van der Waals surface area contributed by atoms with Crippen LogP contribution in [-0.4, -0.2) is 19.0 Å². The van der Waals surface area contributed by atoms with Crippen molar-refractivity contribution < 1.29 is 14.3 Å². The number of carbonyl (C=O) groups excluding carboxylic acids is 2. The van der Waals surface area contributed by atoms with E-state index in [1.807, 2.05) is 36.4 Å². The second-order valence-corrected chi connectivity index (χ2v) is 6.60. The van der Waals surface area contributed by atoms with Crippen molar-refractivity contribution in [2.45, 2.75) is 0 Å². The molecular weight excluding hydrogens is 385 g/mol. The van der Waals surface area contributed by atoms with Crippen molar-refractivity contribution in [3.8, 4) is 11.1 Å². The molecule has 4 nitrogen and oxygen atoms in total. The summed E-state index contributed by atoms with van der Waals surface area (Å²) in [4.78, 5) is 24.8. The number of hydrogen-bond donors (Lipinski definition) is 1. The van der Waals surface area contributed by atoms with Crippen molar-refractivity contribution >= 4 is 40.8 Å². The SMILES string of the molecule is COC(=O)c1cc(-c2ccccc2)ccc1NC(=O)c1cc(Cl)cc(Cl)c1. The molecule has 0 saturated carbocycles. The first-order valence-electron chi connectivity index (χ1n) is 8.03. The Morgan fingerprint density at radius 3 is 2.15 bits per heavy atom. The van der Waals surface area contributed by atoms with Crippen LogP contribution in [0.4, 0.5) is 5.69 Å². The van der Waals surface area contributed by atoms with Gasteiger partial charge >= 0.3 is 5.97 Å². The van der Waals surface area contributed by atoms with Gasteiger partial charge in [-0.2, -0.15) is 0 Å². The first-order valence-corrected chi connectivity index (χ1v) is 8.79. The predicted molar refractivity (Wildman–Crippen MR) is 108 cm³/mol. The monoisotopic (exact) mass is 399 g/mol. The lowest BCUT2D eigenvalue weighted by Gasteiger charge is -2.12. The lowest BCUT2D eigenvalue weighted by molar-refractivity contribution is 0.0602. The topological polar surface area (TPSA) is 55.4 Å². The van der Waals surface area contributed by atoms with Gasteiger partial charge in [0.25, 0.3) is 5.91 Å². The molecule has 0 aliphatic heterocycles. The highest BCUT2D eigenvalue weighted by molar-refractivity contribution is 6.35. The molecule has 136 valence electrons. The van der Waals surface area contributed by atoms with E-state index in [1.54, 1.807) is 12.1 Å². The van der Waals surface area contributed by atoms with E-state index in [0.717, 1.165) is 11.1 Å². The van der Waals surface area contributed by atoms with Crippen LogP contribution in [0.5, 0.6) is 0 Å². The number of rotatable bonds is 4. The van der Waals surface area contributed by atoms with Crippen molar-refractivity contribution in [3.05, 3.63) is 87.9 Å². The Kier molecular flexibility index (Phi) is 5.79. The van der Waals surface area contributed by atoms with Gasteiger partial charge in [0.15, 0.2) is 0 Å². The largest absolute Gasteiger partial charge is 0.465 e. The summed E-state index contributed by atoms with van der Waals surface area (Å²) < 4.78 is 4.86. The third kappa shape index (κ3) is 4.48. The molecule has 6 heteroatoms. The van der Waals surface area contributed by atoms with Gasteiger partial charge in [-0.1, -0.05) is 59.6 Å². The van der Waals surface area contributed by atoms with Gasteiger partial charge in [0.05, 0.1) is 18.4 Å². The number of hydrogen-bond acceptors (Lipinski definition) is 3. The minimum Gasteiger partial charge on any atom is -0.465 e. The van der Waals surface area contributed by atoms with Gasteiger partial charge in [-0.25, -0.2) is 4.79 Å². The lowest BCUT2D eigenvalue weighted by atomic mass is 10.0. The van der Waals surface area contributed by atoms with Crippen LogP contribution in [0.3, 0.4) is 0 Å². The van der Waals surface area contributed by atoms with Crippen molar-refractivity contribution in [1.82, 2.24) is 0 Å². The minimum absolute atomic E-state index is 0.250. The number of amides is 1.